The molecule has 5 nitrogen and oxygen atoms in total. The summed E-state index contributed by atoms with van der Waals surface area (Å²) in [5.74, 6) is -4.56. The maximum absolute atomic E-state index is 13.6. The van der Waals surface area contributed by atoms with Crippen molar-refractivity contribution in [3.05, 3.63) is 51.7 Å². The van der Waals surface area contributed by atoms with Crippen molar-refractivity contribution in [2.24, 2.45) is 0 Å². The number of thioether (sulfide) groups is 1. The van der Waals surface area contributed by atoms with E-state index in [4.69, 9.17) is 0 Å². The van der Waals surface area contributed by atoms with Gasteiger partial charge in [0.15, 0.2) is 22.6 Å². The Balaban J connectivity index is 1.76. The number of hydrogen-bond acceptors (Lipinski definition) is 4. The number of anilines is 1. The fraction of sp³-hybridized carbons (Fsp3) is 0.312. The number of aryl methyl sites for hydroxylation is 1. The summed E-state index contributed by atoms with van der Waals surface area (Å²) in [6, 6.07) is 2.67. The number of rotatable bonds is 4. The lowest BCUT2D eigenvalue weighted by molar-refractivity contribution is -0.116. The molecule has 0 fully saturated rings. The third-order valence-electron chi connectivity index (χ3n) is 3.84. The van der Waals surface area contributed by atoms with Crippen LogP contribution in [0.2, 0.25) is 0 Å². The van der Waals surface area contributed by atoms with E-state index in [0.717, 1.165) is 12.1 Å². The fourth-order valence-electron chi connectivity index (χ4n) is 2.57. The van der Waals surface area contributed by atoms with E-state index >= 15 is 0 Å². The first-order chi connectivity index (χ1) is 11.9. The first-order valence-corrected chi connectivity index (χ1v) is 8.57. The zero-order chi connectivity index (χ0) is 18.1. The molecule has 2 heterocycles. The smallest absolute Gasteiger partial charge is 0.254 e. The molecule has 132 valence electrons. The van der Waals surface area contributed by atoms with Crippen LogP contribution in [0, 0.1) is 17.5 Å². The fourth-order valence-corrected chi connectivity index (χ4v) is 3.74. The van der Waals surface area contributed by atoms with Gasteiger partial charge in [-0.05, 0) is 18.6 Å². The molecule has 0 bridgehead atoms. The van der Waals surface area contributed by atoms with Crippen molar-refractivity contribution in [3.63, 3.8) is 0 Å². The lowest BCUT2D eigenvalue weighted by Crippen LogP contribution is -2.28. The first kappa shape index (κ1) is 17.5. The molecule has 0 spiro atoms. The molecule has 0 saturated heterocycles. The van der Waals surface area contributed by atoms with Gasteiger partial charge >= 0.3 is 0 Å². The van der Waals surface area contributed by atoms with E-state index in [0.29, 0.717) is 23.0 Å². The number of halogens is 3. The molecule has 1 aliphatic rings. The highest BCUT2D eigenvalue weighted by atomic mass is 32.2. The van der Waals surface area contributed by atoms with Gasteiger partial charge in [-0.3, -0.25) is 14.2 Å². The summed E-state index contributed by atoms with van der Waals surface area (Å²) in [7, 11) is 0. The highest BCUT2D eigenvalue weighted by molar-refractivity contribution is 7.99. The molecule has 3 rings (SSSR count). The molecule has 1 aromatic carbocycles. The van der Waals surface area contributed by atoms with Gasteiger partial charge in [0.25, 0.3) is 5.56 Å². The van der Waals surface area contributed by atoms with Crippen LogP contribution in [-0.2, 0) is 11.2 Å². The Kier molecular flexibility index (Phi) is 4.85. The molecule has 9 heteroatoms. The maximum atomic E-state index is 13.6. The van der Waals surface area contributed by atoms with Crippen LogP contribution in [0.3, 0.4) is 0 Å². The summed E-state index contributed by atoms with van der Waals surface area (Å²) in [6.45, 7) is 1.89. The van der Waals surface area contributed by atoms with Gasteiger partial charge in [0.1, 0.15) is 0 Å². The summed E-state index contributed by atoms with van der Waals surface area (Å²) in [5, 5.41) is 2.76. The Labute approximate surface area is 145 Å². The van der Waals surface area contributed by atoms with Crippen molar-refractivity contribution in [2.45, 2.75) is 31.0 Å². The first-order valence-electron chi connectivity index (χ1n) is 7.59. The number of aromatic nitrogens is 2. The summed E-state index contributed by atoms with van der Waals surface area (Å²) in [4.78, 5) is 28.7. The lowest BCUT2D eigenvalue weighted by atomic mass is 10.2. The van der Waals surface area contributed by atoms with Crippen LogP contribution in [0.1, 0.15) is 25.1 Å². The minimum atomic E-state index is -1.65. The Morgan fingerprint density at radius 3 is 2.84 bits per heavy atom. The number of nitrogens with zero attached hydrogens (tertiary/aromatic N) is 2. The van der Waals surface area contributed by atoms with E-state index in [-0.39, 0.29) is 12.0 Å². The molecule has 1 atom stereocenters. The predicted molar refractivity (Wildman–Crippen MR) is 87.2 cm³/mol. The standard InChI is InChI=1S/C16H14F3N3O2S/c1-2-8-5-13(24)22-9(7-25-16(22)20-8)6-12(23)21-11-4-3-10(17)14(18)15(11)19/h3-5,9H,2,6-7H2,1H3,(H,21,23). The van der Waals surface area contributed by atoms with Crippen LogP contribution in [0.5, 0.6) is 0 Å². The SMILES string of the molecule is CCc1cc(=O)n2c(n1)SCC2CC(=O)Nc1ccc(F)c(F)c1F. The highest BCUT2D eigenvalue weighted by Gasteiger charge is 2.28. The second kappa shape index (κ2) is 6.91. The second-order valence-corrected chi connectivity index (χ2v) is 6.52. The molecular weight excluding hydrogens is 355 g/mol. The van der Waals surface area contributed by atoms with Crippen LogP contribution in [0.15, 0.2) is 28.2 Å². The molecular formula is C16H14F3N3O2S. The predicted octanol–water partition coefficient (Wildman–Crippen LogP) is 2.90. The number of fused-ring (bicyclic) bond motifs is 1. The van der Waals surface area contributed by atoms with Gasteiger partial charge in [-0.15, -0.1) is 0 Å². The highest BCUT2D eigenvalue weighted by Crippen LogP contribution is 2.32. The Hall–Kier alpha value is -2.29. The summed E-state index contributed by atoms with van der Waals surface area (Å²) in [6.07, 6.45) is 0.524. The molecule has 1 aliphatic heterocycles. The summed E-state index contributed by atoms with van der Waals surface area (Å²) >= 11 is 1.36. The topological polar surface area (TPSA) is 64.0 Å². The zero-order valence-electron chi connectivity index (χ0n) is 13.2. The van der Waals surface area contributed by atoms with Gasteiger partial charge in [0.05, 0.1) is 11.7 Å². The van der Waals surface area contributed by atoms with E-state index in [1.54, 1.807) is 0 Å². The molecule has 1 aromatic heterocycles. The normalized spacial score (nSPS) is 15.9. The summed E-state index contributed by atoms with van der Waals surface area (Å²) in [5.41, 5.74) is -0.0112. The third kappa shape index (κ3) is 3.41. The van der Waals surface area contributed by atoms with Crippen molar-refractivity contribution >= 4 is 23.4 Å². The Morgan fingerprint density at radius 2 is 2.12 bits per heavy atom. The Bertz CT molecular complexity index is 901. The van der Waals surface area contributed by atoms with Crippen LogP contribution >= 0.6 is 11.8 Å². The van der Waals surface area contributed by atoms with E-state index in [2.05, 4.69) is 10.3 Å². The average molecular weight is 369 g/mol. The average Bonchev–Trinajstić information content (AvgIpc) is 2.98. The third-order valence-corrected chi connectivity index (χ3v) is 4.93. The van der Waals surface area contributed by atoms with Crippen molar-refractivity contribution in [1.29, 1.82) is 0 Å². The van der Waals surface area contributed by atoms with E-state index in [9.17, 15) is 22.8 Å². The quantitative estimate of drug-likeness (QED) is 0.665. The summed E-state index contributed by atoms with van der Waals surface area (Å²) < 4.78 is 41.2. The molecule has 2 aromatic rings. The van der Waals surface area contributed by atoms with E-state index in [1.807, 2.05) is 6.92 Å². The number of benzene rings is 1. The van der Waals surface area contributed by atoms with Gasteiger partial charge in [-0.1, -0.05) is 18.7 Å². The minimum Gasteiger partial charge on any atom is -0.323 e. The monoisotopic (exact) mass is 369 g/mol. The van der Waals surface area contributed by atoms with Crippen molar-refractivity contribution < 1.29 is 18.0 Å². The van der Waals surface area contributed by atoms with Crippen molar-refractivity contribution in [1.82, 2.24) is 9.55 Å². The number of carbonyl (C=O) groups is 1. The lowest BCUT2D eigenvalue weighted by Gasteiger charge is -2.14. The van der Waals surface area contributed by atoms with Crippen LogP contribution in [-0.4, -0.2) is 21.2 Å². The number of nitrogens with one attached hydrogen (secondary N) is 1. The van der Waals surface area contributed by atoms with Crippen LogP contribution in [0.25, 0.3) is 0 Å². The van der Waals surface area contributed by atoms with E-state index < -0.39 is 35.1 Å². The van der Waals surface area contributed by atoms with Crippen molar-refractivity contribution in [2.75, 3.05) is 11.1 Å². The zero-order valence-corrected chi connectivity index (χ0v) is 14.0. The molecule has 1 unspecified atom stereocenters. The number of carbonyl (C=O) groups excluding carboxylic acids is 1. The minimum absolute atomic E-state index is 0.106. The van der Waals surface area contributed by atoms with Gasteiger partial charge in [-0.25, -0.2) is 18.2 Å². The van der Waals surface area contributed by atoms with Crippen LogP contribution in [0.4, 0.5) is 18.9 Å². The van der Waals surface area contributed by atoms with Gasteiger partial charge in [-0.2, -0.15) is 0 Å². The van der Waals surface area contributed by atoms with Gasteiger partial charge < -0.3 is 5.32 Å². The van der Waals surface area contributed by atoms with Gasteiger partial charge in [0, 0.05) is 23.9 Å². The molecule has 0 saturated carbocycles. The van der Waals surface area contributed by atoms with Crippen molar-refractivity contribution in [3.8, 4) is 0 Å². The molecule has 1 amide bonds. The maximum Gasteiger partial charge on any atom is 0.254 e. The number of hydrogen-bond donors (Lipinski definition) is 1. The molecule has 1 N–H and O–H groups in total. The second-order valence-electron chi connectivity index (χ2n) is 5.53. The largest absolute Gasteiger partial charge is 0.323 e. The molecule has 0 radical (unpaired) electrons. The molecule has 0 aliphatic carbocycles. The van der Waals surface area contributed by atoms with Gasteiger partial charge in [0.2, 0.25) is 5.91 Å². The van der Waals surface area contributed by atoms with E-state index in [1.165, 1.54) is 22.4 Å². The molecule has 25 heavy (non-hydrogen) atoms. The van der Waals surface area contributed by atoms with Crippen LogP contribution < -0.4 is 10.9 Å². The number of amides is 1. The Morgan fingerprint density at radius 1 is 1.36 bits per heavy atom.